The summed E-state index contributed by atoms with van der Waals surface area (Å²) >= 11 is 0. The molecule has 1 saturated carbocycles. The van der Waals surface area contributed by atoms with Crippen LogP contribution in [0, 0.1) is 5.82 Å². The van der Waals surface area contributed by atoms with Gasteiger partial charge in [-0.3, -0.25) is 9.10 Å². The van der Waals surface area contributed by atoms with Gasteiger partial charge in [0.1, 0.15) is 5.82 Å². The topological polar surface area (TPSA) is 66.5 Å². The van der Waals surface area contributed by atoms with Crippen molar-refractivity contribution in [3.63, 3.8) is 0 Å². The maximum absolute atomic E-state index is 13.3. The van der Waals surface area contributed by atoms with Crippen molar-refractivity contribution >= 4 is 21.6 Å². The molecule has 1 aliphatic heterocycles. The Morgan fingerprint density at radius 1 is 1.00 bits per heavy atom. The molecule has 0 spiro atoms. The number of nitrogens with zero attached hydrogens (tertiary/aromatic N) is 1. The van der Waals surface area contributed by atoms with E-state index >= 15 is 0 Å². The van der Waals surface area contributed by atoms with E-state index in [0.717, 1.165) is 43.4 Å². The smallest absolute Gasteiger partial charge is 0.264 e. The molecule has 0 aromatic heterocycles. The van der Waals surface area contributed by atoms with Crippen LogP contribution in [0.5, 0.6) is 0 Å². The number of rotatable bonds is 4. The van der Waals surface area contributed by atoms with Crippen molar-refractivity contribution in [3.8, 4) is 0 Å². The van der Waals surface area contributed by atoms with Crippen molar-refractivity contribution in [1.29, 1.82) is 0 Å². The van der Waals surface area contributed by atoms with Crippen LogP contribution in [0.25, 0.3) is 0 Å². The summed E-state index contributed by atoms with van der Waals surface area (Å²) in [5.41, 5.74) is 1.98. The van der Waals surface area contributed by atoms with Crippen molar-refractivity contribution in [2.24, 2.45) is 0 Å². The molecule has 0 radical (unpaired) electrons. The molecule has 1 aliphatic carbocycles. The Bertz CT molecular complexity index is 1040. The highest BCUT2D eigenvalue weighted by Gasteiger charge is 2.36. The van der Waals surface area contributed by atoms with Crippen LogP contribution in [0.4, 0.5) is 10.1 Å². The molecule has 2 aromatic rings. The molecule has 0 saturated heterocycles. The summed E-state index contributed by atoms with van der Waals surface area (Å²) in [5.74, 6) is -0.574. The summed E-state index contributed by atoms with van der Waals surface area (Å²) in [6.07, 6.45) is 8.56. The SMILES string of the molecule is C[C@H]1Cc2cc(C(=O)NC3CCCCCCC3)ccc2N1S(=O)(=O)c1ccc(F)cc1. The Kier molecular flexibility index (Phi) is 6.32. The zero-order valence-corrected chi connectivity index (χ0v) is 18.6. The summed E-state index contributed by atoms with van der Waals surface area (Å²) in [6.45, 7) is 1.84. The van der Waals surface area contributed by atoms with E-state index < -0.39 is 15.8 Å². The van der Waals surface area contributed by atoms with Crippen LogP contribution in [-0.2, 0) is 16.4 Å². The number of sulfonamides is 1. The predicted octanol–water partition coefficient (Wildman–Crippen LogP) is 4.81. The van der Waals surface area contributed by atoms with Gasteiger partial charge in [0.05, 0.1) is 10.6 Å². The number of carbonyl (C=O) groups excluding carboxylic acids is 1. The highest BCUT2D eigenvalue weighted by atomic mass is 32.2. The Hall–Kier alpha value is -2.41. The lowest BCUT2D eigenvalue weighted by atomic mass is 9.96. The van der Waals surface area contributed by atoms with Gasteiger partial charge in [-0.2, -0.15) is 0 Å². The average Bonchev–Trinajstić information content (AvgIpc) is 3.05. The van der Waals surface area contributed by atoms with Crippen molar-refractivity contribution in [3.05, 3.63) is 59.4 Å². The van der Waals surface area contributed by atoms with Crippen LogP contribution in [0.2, 0.25) is 0 Å². The lowest BCUT2D eigenvalue weighted by Crippen LogP contribution is -2.36. The molecule has 166 valence electrons. The highest BCUT2D eigenvalue weighted by Crippen LogP contribution is 2.37. The van der Waals surface area contributed by atoms with Gasteiger partial charge in [-0.05, 0) is 74.2 Å². The van der Waals surface area contributed by atoms with E-state index in [-0.39, 0.29) is 22.9 Å². The fourth-order valence-corrected chi connectivity index (χ4v) is 6.39. The maximum atomic E-state index is 13.3. The molecule has 0 bridgehead atoms. The largest absolute Gasteiger partial charge is 0.349 e. The second kappa shape index (κ2) is 8.99. The Morgan fingerprint density at radius 3 is 2.32 bits per heavy atom. The molecule has 1 heterocycles. The van der Waals surface area contributed by atoms with Crippen molar-refractivity contribution in [1.82, 2.24) is 5.32 Å². The van der Waals surface area contributed by atoms with E-state index in [0.29, 0.717) is 17.7 Å². The summed E-state index contributed by atoms with van der Waals surface area (Å²) < 4.78 is 41.0. The minimum absolute atomic E-state index is 0.0553. The van der Waals surface area contributed by atoms with Crippen LogP contribution < -0.4 is 9.62 Å². The summed E-state index contributed by atoms with van der Waals surface area (Å²) in [5, 5.41) is 3.17. The third-order valence-corrected chi connectivity index (χ3v) is 8.25. The molecule has 1 N–H and O–H groups in total. The van der Waals surface area contributed by atoms with E-state index in [9.17, 15) is 17.6 Å². The maximum Gasteiger partial charge on any atom is 0.264 e. The molecule has 0 unspecified atom stereocenters. The number of anilines is 1. The molecule has 1 fully saturated rings. The zero-order valence-electron chi connectivity index (χ0n) is 17.8. The molecule has 7 heteroatoms. The number of halogens is 1. The second-order valence-electron chi connectivity index (χ2n) is 8.67. The minimum atomic E-state index is -3.82. The Labute approximate surface area is 183 Å². The first-order valence-electron chi connectivity index (χ1n) is 11.1. The van der Waals surface area contributed by atoms with Gasteiger partial charge in [0.15, 0.2) is 0 Å². The third kappa shape index (κ3) is 4.61. The quantitative estimate of drug-likeness (QED) is 0.736. The van der Waals surface area contributed by atoms with E-state index in [2.05, 4.69) is 5.32 Å². The number of hydrogen-bond donors (Lipinski definition) is 1. The Balaban J connectivity index is 1.54. The predicted molar refractivity (Wildman–Crippen MR) is 119 cm³/mol. The first kappa shape index (κ1) is 21.8. The third-order valence-electron chi connectivity index (χ3n) is 6.31. The molecule has 2 aliphatic rings. The number of amides is 1. The second-order valence-corrected chi connectivity index (χ2v) is 10.5. The van der Waals surface area contributed by atoms with Gasteiger partial charge in [-0.25, -0.2) is 12.8 Å². The molecular weight excluding hydrogens is 415 g/mol. The number of fused-ring (bicyclic) bond motifs is 1. The Morgan fingerprint density at radius 2 is 1.65 bits per heavy atom. The fourth-order valence-electron chi connectivity index (χ4n) is 4.70. The van der Waals surface area contributed by atoms with Crippen LogP contribution >= 0.6 is 0 Å². The van der Waals surface area contributed by atoms with Crippen molar-refractivity contribution in [2.45, 2.75) is 75.3 Å². The van der Waals surface area contributed by atoms with Gasteiger partial charge >= 0.3 is 0 Å². The summed E-state index contributed by atoms with van der Waals surface area (Å²) in [6, 6.07) is 10.0. The van der Waals surface area contributed by atoms with Crippen LogP contribution in [0.1, 0.15) is 67.8 Å². The fraction of sp³-hybridized carbons (Fsp3) is 0.458. The van der Waals surface area contributed by atoms with E-state index in [4.69, 9.17) is 0 Å². The molecular formula is C24H29FN2O3S. The standard InChI is InChI=1S/C24H29FN2O3S/c1-17-15-19-16-18(24(28)26-21-7-5-3-2-4-6-8-21)9-14-23(19)27(17)31(29,30)22-12-10-20(25)11-13-22/h9-14,16-17,21H,2-8,15H2,1H3,(H,26,28)/t17-/m0/s1. The van der Waals surface area contributed by atoms with Gasteiger partial charge in [0.25, 0.3) is 15.9 Å². The van der Waals surface area contributed by atoms with Gasteiger partial charge in [0.2, 0.25) is 0 Å². The van der Waals surface area contributed by atoms with Crippen LogP contribution in [0.15, 0.2) is 47.4 Å². The first-order chi connectivity index (χ1) is 14.9. The minimum Gasteiger partial charge on any atom is -0.349 e. The summed E-state index contributed by atoms with van der Waals surface area (Å²) in [4.78, 5) is 12.9. The van der Waals surface area contributed by atoms with Gasteiger partial charge < -0.3 is 5.32 Å². The van der Waals surface area contributed by atoms with E-state index in [1.54, 1.807) is 12.1 Å². The first-order valence-corrected chi connectivity index (χ1v) is 12.5. The van der Waals surface area contributed by atoms with Gasteiger partial charge in [-0.15, -0.1) is 0 Å². The average molecular weight is 445 g/mol. The zero-order chi connectivity index (χ0) is 22.0. The number of carbonyl (C=O) groups is 1. The van der Waals surface area contributed by atoms with Crippen LogP contribution in [-0.4, -0.2) is 26.4 Å². The molecule has 2 aromatic carbocycles. The highest BCUT2D eigenvalue weighted by molar-refractivity contribution is 7.92. The van der Waals surface area contributed by atoms with Gasteiger partial charge in [0, 0.05) is 17.6 Å². The molecule has 1 atom stereocenters. The van der Waals surface area contributed by atoms with E-state index in [1.807, 2.05) is 13.0 Å². The van der Waals surface area contributed by atoms with Crippen LogP contribution in [0.3, 0.4) is 0 Å². The van der Waals surface area contributed by atoms with E-state index in [1.165, 1.54) is 35.7 Å². The number of benzene rings is 2. The molecule has 5 nitrogen and oxygen atoms in total. The normalized spacial score (nSPS) is 20.1. The summed E-state index contributed by atoms with van der Waals surface area (Å²) in [7, 11) is -3.82. The molecule has 4 rings (SSSR count). The number of hydrogen-bond acceptors (Lipinski definition) is 3. The lowest BCUT2D eigenvalue weighted by molar-refractivity contribution is 0.0930. The monoisotopic (exact) mass is 444 g/mol. The lowest BCUT2D eigenvalue weighted by Gasteiger charge is -2.24. The number of nitrogens with one attached hydrogen (secondary N) is 1. The van der Waals surface area contributed by atoms with Gasteiger partial charge in [-0.1, -0.05) is 32.1 Å². The molecule has 31 heavy (non-hydrogen) atoms. The molecule has 1 amide bonds. The van der Waals surface area contributed by atoms with Crippen molar-refractivity contribution < 1.29 is 17.6 Å². The van der Waals surface area contributed by atoms with Crippen molar-refractivity contribution in [2.75, 3.05) is 4.31 Å².